The van der Waals surface area contributed by atoms with Crippen LogP contribution in [0.2, 0.25) is 0 Å². The van der Waals surface area contributed by atoms with Gasteiger partial charge in [-0.25, -0.2) is 0 Å². The van der Waals surface area contributed by atoms with Crippen molar-refractivity contribution in [2.45, 2.75) is 37.5 Å². The summed E-state index contributed by atoms with van der Waals surface area (Å²) in [5.41, 5.74) is -2.04. The maximum Gasteiger partial charge on any atom is 0.416 e. The van der Waals surface area contributed by atoms with Gasteiger partial charge in [0.25, 0.3) is 11.8 Å². The molecule has 3 N–H and O–H groups in total. The molecule has 1 aliphatic carbocycles. The Morgan fingerprint density at radius 2 is 2.07 bits per heavy atom. The lowest BCUT2D eigenvalue weighted by Crippen LogP contribution is -2.51. The summed E-state index contributed by atoms with van der Waals surface area (Å²) in [4.78, 5) is 12.7. The van der Waals surface area contributed by atoms with Crippen molar-refractivity contribution in [3.8, 4) is 5.88 Å². The summed E-state index contributed by atoms with van der Waals surface area (Å²) >= 11 is 0. The highest BCUT2D eigenvalue weighted by molar-refractivity contribution is 5.97. The minimum absolute atomic E-state index is 0.0182. The van der Waals surface area contributed by atoms with Crippen molar-refractivity contribution in [2.75, 3.05) is 12.4 Å². The van der Waals surface area contributed by atoms with E-state index in [4.69, 9.17) is 0 Å². The average Bonchev–Trinajstić information content (AvgIpc) is 2.86. The zero-order valence-electron chi connectivity index (χ0n) is 14.4. The van der Waals surface area contributed by atoms with Crippen LogP contribution in [0.5, 0.6) is 5.88 Å². The van der Waals surface area contributed by atoms with Gasteiger partial charge < -0.3 is 15.7 Å². The van der Waals surface area contributed by atoms with E-state index in [9.17, 15) is 27.5 Å². The molecule has 1 aliphatic rings. The Labute approximate surface area is 152 Å². The van der Waals surface area contributed by atoms with Gasteiger partial charge in [-0.15, -0.1) is 5.10 Å². The highest BCUT2D eigenvalue weighted by Gasteiger charge is 2.47. The molecule has 27 heavy (non-hydrogen) atoms. The van der Waals surface area contributed by atoms with Gasteiger partial charge in [0.05, 0.1) is 11.8 Å². The third-order valence-corrected chi connectivity index (χ3v) is 4.73. The Bertz CT molecular complexity index is 840. The number of benzene rings is 1. The maximum atomic E-state index is 13.4. The minimum Gasteiger partial charge on any atom is -0.490 e. The fourth-order valence-electron chi connectivity index (χ4n) is 3.15. The summed E-state index contributed by atoms with van der Waals surface area (Å²) in [6, 6.07) is 3.55. The third kappa shape index (κ3) is 3.48. The van der Waals surface area contributed by atoms with Crippen LogP contribution in [0.1, 0.15) is 30.4 Å². The molecule has 3 rings (SSSR count). The number of alkyl halides is 3. The molecule has 10 heteroatoms. The number of aromatic hydroxyl groups is 1. The maximum absolute atomic E-state index is 13.4. The van der Waals surface area contributed by atoms with Gasteiger partial charge in [0, 0.05) is 12.2 Å². The summed E-state index contributed by atoms with van der Waals surface area (Å²) in [6.07, 6.45) is -2.32. The minimum atomic E-state index is -4.57. The molecular weight excluding hydrogens is 368 g/mol. The Kier molecular flexibility index (Phi) is 4.85. The van der Waals surface area contributed by atoms with Crippen LogP contribution in [0.4, 0.5) is 23.2 Å². The number of nitrogens with one attached hydrogen (secondary N) is 2. The molecule has 1 fully saturated rings. The molecule has 146 valence electrons. The van der Waals surface area contributed by atoms with E-state index in [1.54, 1.807) is 0 Å². The molecule has 0 bridgehead atoms. The summed E-state index contributed by atoms with van der Waals surface area (Å²) < 4.78 is 54.3. The standard InChI is InChI=1S/C17H18F4N4O2/c1-22-8-10-3-4-11(7-12(10)17(19,20)21)23-15(27)16(5-2-6-16)25-9-13(18)14(26)24-25/h3-4,7,9,22H,2,5-6,8H2,1H3,(H,23,27)(H,24,26). The van der Waals surface area contributed by atoms with Crippen LogP contribution in [-0.2, 0) is 23.1 Å². The van der Waals surface area contributed by atoms with E-state index in [0.717, 1.165) is 16.9 Å². The normalized spacial score (nSPS) is 16.0. The van der Waals surface area contributed by atoms with Crippen molar-refractivity contribution in [3.05, 3.63) is 41.3 Å². The molecule has 1 heterocycles. The molecule has 6 nitrogen and oxygen atoms in total. The van der Waals surface area contributed by atoms with Gasteiger partial charge >= 0.3 is 6.18 Å². The topological polar surface area (TPSA) is 79.2 Å². The highest BCUT2D eigenvalue weighted by atomic mass is 19.4. The second-order valence-corrected chi connectivity index (χ2v) is 6.48. The van der Waals surface area contributed by atoms with Crippen molar-refractivity contribution in [1.29, 1.82) is 0 Å². The number of amides is 1. The largest absolute Gasteiger partial charge is 0.490 e. The van der Waals surface area contributed by atoms with Gasteiger partial charge in [0.1, 0.15) is 5.54 Å². The molecule has 0 atom stereocenters. The van der Waals surface area contributed by atoms with Crippen molar-refractivity contribution < 1.29 is 27.5 Å². The van der Waals surface area contributed by atoms with Crippen LogP contribution in [-0.4, -0.2) is 27.8 Å². The molecule has 0 unspecified atom stereocenters. The van der Waals surface area contributed by atoms with Gasteiger partial charge in [-0.2, -0.15) is 17.6 Å². The second-order valence-electron chi connectivity index (χ2n) is 6.48. The number of rotatable bonds is 5. The molecule has 0 spiro atoms. The summed E-state index contributed by atoms with van der Waals surface area (Å²) in [5.74, 6) is -2.40. The van der Waals surface area contributed by atoms with Crippen LogP contribution >= 0.6 is 0 Å². The number of halogens is 4. The number of carbonyl (C=O) groups is 1. The molecule has 1 saturated carbocycles. The van der Waals surface area contributed by atoms with E-state index in [-0.39, 0.29) is 17.8 Å². The first-order valence-electron chi connectivity index (χ1n) is 8.28. The van der Waals surface area contributed by atoms with Gasteiger partial charge in [-0.3, -0.25) is 9.48 Å². The van der Waals surface area contributed by atoms with E-state index < -0.39 is 34.9 Å². The van der Waals surface area contributed by atoms with Crippen LogP contribution in [0.3, 0.4) is 0 Å². The Morgan fingerprint density at radius 3 is 2.56 bits per heavy atom. The quantitative estimate of drug-likeness (QED) is 0.691. The predicted molar refractivity (Wildman–Crippen MR) is 88.5 cm³/mol. The van der Waals surface area contributed by atoms with Crippen LogP contribution in [0.25, 0.3) is 0 Å². The second kappa shape index (κ2) is 6.84. The third-order valence-electron chi connectivity index (χ3n) is 4.73. The van der Waals surface area contributed by atoms with Crippen LogP contribution in [0.15, 0.2) is 24.4 Å². The molecule has 1 aromatic heterocycles. The Balaban J connectivity index is 1.89. The van der Waals surface area contributed by atoms with E-state index in [0.29, 0.717) is 19.3 Å². The molecule has 0 aliphatic heterocycles. The first kappa shape index (κ1) is 19.2. The molecule has 1 aromatic carbocycles. The molecule has 1 amide bonds. The van der Waals surface area contributed by atoms with E-state index in [1.807, 2.05) is 0 Å². The SMILES string of the molecule is CNCc1ccc(NC(=O)C2(n3cc(F)c(O)n3)CCC2)cc1C(F)(F)F. The molecule has 2 aromatic rings. The first-order chi connectivity index (χ1) is 12.7. The van der Waals surface area contributed by atoms with E-state index in [2.05, 4.69) is 15.7 Å². The fourth-order valence-corrected chi connectivity index (χ4v) is 3.15. The van der Waals surface area contributed by atoms with Gasteiger partial charge in [-0.1, -0.05) is 6.07 Å². The van der Waals surface area contributed by atoms with Gasteiger partial charge in [0.15, 0.2) is 0 Å². The van der Waals surface area contributed by atoms with Crippen molar-refractivity contribution >= 4 is 11.6 Å². The van der Waals surface area contributed by atoms with E-state index in [1.165, 1.54) is 19.2 Å². The average molecular weight is 386 g/mol. The fraction of sp³-hybridized carbons (Fsp3) is 0.412. The highest BCUT2D eigenvalue weighted by Crippen LogP contribution is 2.41. The number of nitrogens with zero attached hydrogens (tertiary/aromatic N) is 2. The number of carbonyl (C=O) groups excluding carboxylic acids is 1. The van der Waals surface area contributed by atoms with Crippen LogP contribution < -0.4 is 10.6 Å². The monoisotopic (exact) mass is 386 g/mol. The molecular formula is C17H18F4N4O2. The summed E-state index contributed by atoms with van der Waals surface area (Å²) in [7, 11) is 1.54. The zero-order valence-corrected chi connectivity index (χ0v) is 14.4. The van der Waals surface area contributed by atoms with Gasteiger partial charge in [-0.05, 0) is 44.0 Å². The number of aromatic nitrogens is 2. The lowest BCUT2D eigenvalue weighted by atomic mass is 9.76. The van der Waals surface area contributed by atoms with E-state index >= 15 is 0 Å². The number of hydrogen-bond acceptors (Lipinski definition) is 4. The number of hydrogen-bond donors (Lipinski definition) is 3. The molecule has 0 radical (unpaired) electrons. The zero-order chi connectivity index (χ0) is 19.8. The molecule has 0 saturated heterocycles. The predicted octanol–water partition coefficient (Wildman–Crippen LogP) is 2.98. The lowest BCUT2D eigenvalue weighted by Gasteiger charge is -2.40. The Morgan fingerprint density at radius 1 is 1.37 bits per heavy atom. The van der Waals surface area contributed by atoms with Crippen molar-refractivity contribution in [2.24, 2.45) is 0 Å². The van der Waals surface area contributed by atoms with Gasteiger partial charge in [0.2, 0.25) is 5.82 Å². The first-order valence-corrected chi connectivity index (χ1v) is 8.28. The smallest absolute Gasteiger partial charge is 0.416 e. The summed E-state index contributed by atoms with van der Waals surface area (Å²) in [5, 5.41) is 18.1. The summed E-state index contributed by atoms with van der Waals surface area (Å²) in [6.45, 7) is 0.0266. The van der Waals surface area contributed by atoms with Crippen molar-refractivity contribution in [1.82, 2.24) is 15.1 Å². The van der Waals surface area contributed by atoms with Crippen LogP contribution in [0, 0.1) is 5.82 Å². The Hall–Kier alpha value is -2.62. The number of anilines is 1. The lowest BCUT2D eigenvalue weighted by molar-refractivity contribution is -0.138. The van der Waals surface area contributed by atoms with Crippen molar-refractivity contribution in [3.63, 3.8) is 0 Å².